The van der Waals surface area contributed by atoms with Gasteiger partial charge in [0.25, 0.3) is 0 Å². The molecule has 0 spiro atoms. The zero-order chi connectivity index (χ0) is 60.8. The topological polar surface area (TPSA) is 13.0 Å². The number of hydrogen-bond donors (Lipinski definition) is 0. The molecule has 12 aromatic rings. The average molecular weight is 1210 g/mol. The van der Waals surface area contributed by atoms with E-state index in [0.717, 1.165) is 72.7 Å². The summed E-state index contributed by atoms with van der Waals surface area (Å²) in [5.41, 5.74) is 30.4. The summed E-state index contributed by atoms with van der Waals surface area (Å²) in [7, 11) is 0. The number of fused-ring (bicyclic) bond motifs is 6. The van der Waals surface area contributed by atoms with E-state index in [9.17, 15) is 0 Å². The zero-order valence-electron chi connectivity index (χ0n) is 51.7. The molecule has 0 heterocycles. The number of rotatable bonds is 12. The van der Waals surface area contributed by atoms with Gasteiger partial charge in [0.05, 0.1) is 0 Å². The number of nitrogens with zero attached hydrogens (tertiary/aromatic N) is 4. The number of para-hydroxylation sites is 2. The molecular weight excluding hydrogens is 1130 g/mol. The fraction of sp³-hybridized carbons (Fsp3) is 0.133. The van der Waals surface area contributed by atoms with Crippen LogP contribution in [0, 0.1) is 34.6 Å². The van der Waals surface area contributed by atoms with Crippen molar-refractivity contribution in [2.24, 2.45) is 0 Å². The lowest BCUT2D eigenvalue weighted by Gasteiger charge is -2.27. The van der Waals surface area contributed by atoms with E-state index in [2.05, 4.69) is 377 Å². The van der Waals surface area contributed by atoms with Gasteiger partial charge < -0.3 is 19.6 Å². The summed E-state index contributed by atoms with van der Waals surface area (Å²) >= 11 is 3.62. The Morgan fingerprint density at radius 2 is 0.398 bits per heavy atom. The first-order valence-corrected chi connectivity index (χ1v) is 31.4. The van der Waals surface area contributed by atoms with Crippen LogP contribution in [0.3, 0.4) is 0 Å². The molecular formula is C83H73BrN4. The van der Waals surface area contributed by atoms with Gasteiger partial charge in [0.2, 0.25) is 0 Å². The van der Waals surface area contributed by atoms with Gasteiger partial charge in [-0.1, -0.05) is 193 Å². The van der Waals surface area contributed by atoms with Gasteiger partial charge in [-0.15, -0.1) is 0 Å². The van der Waals surface area contributed by atoms with Crippen LogP contribution in [0.25, 0.3) is 22.3 Å². The summed E-state index contributed by atoms with van der Waals surface area (Å²) in [6, 6.07) is 102. The molecule has 14 rings (SSSR count). The smallest absolute Gasteiger partial charge is 0.0468 e. The summed E-state index contributed by atoms with van der Waals surface area (Å²) in [6.45, 7) is 20.1. The minimum absolute atomic E-state index is 0.0927. The first kappa shape index (κ1) is 57.4. The van der Waals surface area contributed by atoms with Gasteiger partial charge in [0.15, 0.2) is 0 Å². The Morgan fingerprint density at radius 3 is 0.614 bits per heavy atom. The van der Waals surface area contributed by atoms with Gasteiger partial charge in [-0.25, -0.2) is 0 Å². The molecule has 0 saturated heterocycles. The van der Waals surface area contributed by atoms with Crippen LogP contribution in [0.2, 0.25) is 0 Å². The van der Waals surface area contributed by atoms with Crippen molar-refractivity contribution in [3.8, 4) is 22.3 Å². The molecule has 0 fully saturated rings. The second-order valence-electron chi connectivity index (χ2n) is 24.8. The monoisotopic (exact) mass is 1200 g/mol. The highest BCUT2D eigenvalue weighted by Gasteiger charge is 2.38. The highest BCUT2D eigenvalue weighted by Crippen LogP contribution is 2.55. The standard InChI is InChI=1S/C42H37BrN2.C41H36N2/c1-28-6-14-32(15-7-28)44(33-16-8-29(2)9-17-33)36-22-24-40-38(26-36)39-27-37(23-25-41(39)42(40,4)5)45(34-18-10-30(3)11-19-34)35-20-12-31(43)13-21-35;1-29-15-19-33(20-16-29)42(31-11-7-5-8-12-31)35-23-25-39-37(27-35)38-28-36(24-26-40(38)41(39,3)4)43(32-13-9-6-10-14-32)34-21-17-30(2)18-22-34/h6-27H,1-5H3;5-28H,1-4H3. The molecule has 0 saturated carbocycles. The molecule has 0 N–H and O–H groups in total. The van der Waals surface area contributed by atoms with Crippen LogP contribution in [0.15, 0.2) is 284 Å². The van der Waals surface area contributed by atoms with Crippen LogP contribution in [-0.2, 0) is 10.8 Å². The number of benzene rings is 12. The molecule has 2 aliphatic carbocycles. The fourth-order valence-corrected chi connectivity index (χ4v) is 13.3. The average Bonchev–Trinajstić information content (AvgIpc) is 2.20. The van der Waals surface area contributed by atoms with Crippen molar-refractivity contribution in [2.75, 3.05) is 19.6 Å². The van der Waals surface area contributed by atoms with E-state index in [1.165, 1.54) is 72.3 Å². The molecule has 432 valence electrons. The van der Waals surface area contributed by atoms with Gasteiger partial charge in [0, 0.05) is 83.6 Å². The van der Waals surface area contributed by atoms with E-state index in [-0.39, 0.29) is 10.8 Å². The summed E-state index contributed by atoms with van der Waals surface area (Å²) in [5.74, 6) is 0. The predicted octanol–water partition coefficient (Wildman–Crippen LogP) is 24.2. The second-order valence-corrected chi connectivity index (χ2v) is 25.8. The summed E-state index contributed by atoms with van der Waals surface area (Å²) < 4.78 is 1.07. The number of hydrogen-bond acceptors (Lipinski definition) is 4. The predicted molar refractivity (Wildman–Crippen MR) is 378 cm³/mol. The van der Waals surface area contributed by atoms with E-state index in [1.807, 2.05) is 0 Å². The van der Waals surface area contributed by atoms with E-state index in [1.54, 1.807) is 0 Å². The minimum atomic E-state index is -0.105. The van der Waals surface area contributed by atoms with Crippen molar-refractivity contribution in [2.45, 2.75) is 73.1 Å². The molecule has 2 aliphatic rings. The third-order valence-corrected chi connectivity index (χ3v) is 18.4. The Bertz CT molecular complexity index is 4080. The molecule has 5 heteroatoms. The molecule has 0 aliphatic heterocycles. The van der Waals surface area contributed by atoms with Crippen LogP contribution in [0.4, 0.5) is 68.2 Å². The molecule has 88 heavy (non-hydrogen) atoms. The van der Waals surface area contributed by atoms with Gasteiger partial charge in [0.1, 0.15) is 0 Å². The SMILES string of the molecule is Cc1ccc(N(c2ccc(C)cc2)c2ccc3c(c2)-c2cc(N(c4ccc(C)cc4)c4ccc(Br)cc4)ccc2C3(C)C)cc1.Cc1ccc(N(c2ccccc2)c2ccc3c(c2)-c2cc(N(c4ccccc4)c4ccc(C)cc4)ccc2C3(C)C)cc1. The largest absolute Gasteiger partial charge is 0.310 e. The molecule has 0 unspecified atom stereocenters. The normalized spacial score (nSPS) is 12.8. The third kappa shape index (κ3) is 11.0. The van der Waals surface area contributed by atoms with Crippen molar-refractivity contribution in [1.29, 1.82) is 0 Å². The minimum Gasteiger partial charge on any atom is -0.310 e. The van der Waals surface area contributed by atoms with Gasteiger partial charge in [-0.2, -0.15) is 0 Å². The van der Waals surface area contributed by atoms with Gasteiger partial charge in [-0.05, 0) is 237 Å². The van der Waals surface area contributed by atoms with Crippen molar-refractivity contribution in [1.82, 2.24) is 0 Å². The Morgan fingerprint density at radius 1 is 0.216 bits per heavy atom. The molecule has 0 aromatic heterocycles. The van der Waals surface area contributed by atoms with E-state index in [0.29, 0.717) is 0 Å². The van der Waals surface area contributed by atoms with Crippen molar-refractivity contribution >= 4 is 84.2 Å². The van der Waals surface area contributed by atoms with E-state index >= 15 is 0 Å². The highest BCUT2D eigenvalue weighted by atomic mass is 79.9. The lowest BCUT2D eigenvalue weighted by molar-refractivity contribution is 0.660. The maximum atomic E-state index is 3.62. The first-order valence-electron chi connectivity index (χ1n) is 30.6. The molecule has 0 atom stereocenters. The Kier molecular flexibility index (Phi) is 15.4. The Labute approximate surface area is 529 Å². The van der Waals surface area contributed by atoms with Crippen molar-refractivity contribution in [3.63, 3.8) is 0 Å². The van der Waals surface area contributed by atoms with Gasteiger partial charge in [-0.3, -0.25) is 0 Å². The van der Waals surface area contributed by atoms with E-state index < -0.39 is 0 Å². The number of halogens is 1. The molecule has 0 radical (unpaired) electrons. The van der Waals surface area contributed by atoms with Crippen LogP contribution >= 0.6 is 15.9 Å². The van der Waals surface area contributed by atoms with Crippen molar-refractivity contribution < 1.29 is 0 Å². The quantitative estimate of drug-likeness (QED) is 0.121. The van der Waals surface area contributed by atoms with Gasteiger partial charge >= 0.3 is 0 Å². The summed E-state index contributed by atoms with van der Waals surface area (Å²) in [4.78, 5) is 9.44. The lowest BCUT2D eigenvalue weighted by atomic mass is 9.82. The maximum Gasteiger partial charge on any atom is 0.0468 e. The maximum absolute atomic E-state index is 3.62. The Hall–Kier alpha value is -9.68. The molecule has 12 aromatic carbocycles. The number of anilines is 12. The lowest BCUT2D eigenvalue weighted by Crippen LogP contribution is -2.16. The Balaban J connectivity index is 0.000000162. The van der Waals surface area contributed by atoms with E-state index in [4.69, 9.17) is 0 Å². The first-order chi connectivity index (χ1) is 42.6. The van der Waals surface area contributed by atoms with Crippen LogP contribution < -0.4 is 19.6 Å². The molecule has 0 amide bonds. The third-order valence-electron chi connectivity index (χ3n) is 17.9. The highest BCUT2D eigenvalue weighted by molar-refractivity contribution is 9.10. The zero-order valence-corrected chi connectivity index (χ0v) is 53.3. The number of aryl methyl sites for hydroxylation is 5. The molecule has 4 nitrogen and oxygen atoms in total. The summed E-state index contributed by atoms with van der Waals surface area (Å²) in [6.07, 6.45) is 0. The van der Waals surface area contributed by atoms with Crippen LogP contribution in [0.1, 0.15) is 77.8 Å². The van der Waals surface area contributed by atoms with Crippen molar-refractivity contribution in [3.05, 3.63) is 334 Å². The summed E-state index contributed by atoms with van der Waals surface area (Å²) in [5, 5.41) is 0. The fourth-order valence-electron chi connectivity index (χ4n) is 13.0. The second kappa shape index (κ2) is 23.5. The molecule has 0 bridgehead atoms. The van der Waals surface area contributed by atoms with Crippen LogP contribution in [-0.4, -0.2) is 0 Å². The van der Waals surface area contributed by atoms with Crippen LogP contribution in [0.5, 0.6) is 0 Å².